The average Bonchev–Trinajstić information content (AvgIpc) is 2.63. The molecular formula is C13H11NS. The van der Waals surface area contributed by atoms with E-state index in [0.717, 1.165) is 11.3 Å². The minimum Gasteiger partial charge on any atom is -0.196 e. The molecule has 0 aliphatic heterocycles. The summed E-state index contributed by atoms with van der Waals surface area (Å²) in [5.41, 5.74) is 3.28. The van der Waals surface area contributed by atoms with Gasteiger partial charge in [-0.25, -0.2) is 0 Å². The summed E-state index contributed by atoms with van der Waals surface area (Å²) >= 11 is 1.52. The van der Waals surface area contributed by atoms with Crippen LogP contribution in [0, 0.1) is 18.8 Å². The third-order valence-electron chi connectivity index (χ3n) is 2.15. The van der Waals surface area contributed by atoms with Gasteiger partial charge in [0.25, 0.3) is 0 Å². The Kier molecular flexibility index (Phi) is 2.84. The largest absolute Gasteiger partial charge is 0.196 e. The van der Waals surface area contributed by atoms with Crippen LogP contribution in [0.5, 0.6) is 0 Å². The molecule has 0 spiro atoms. The summed E-state index contributed by atoms with van der Waals surface area (Å²) in [5, 5.41) is 0. The van der Waals surface area contributed by atoms with Crippen molar-refractivity contribution < 1.29 is 0 Å². The van der Waals surface area contributed by atoms with Gasteiger partial charge in [-0.05, 0) is 30.9 Å². The number of rotatable bonds is 1. The maximum Gasteiger partial charge on any atom is 0.0709 e. The normalized spacial score (nSPS) is 9.47. The van der Waals surface area contributed by atoms with E-state index in [1.807, 2.05) is 32.0 Å². The van der Waals surface area contributed by atoms with Crippen molar-refractivity contribution in [2.24, 2.45) is 0 Å². The van der Waals surface area contributed by atoms with E-state index < -0.39 is 0 Å². The average molecular weight is 213 g/mol. The van der Waals surface area contributed by atoms with Gasteiger partial charge in [0.15, 0.2) is 0 Å². The van der Waals surface area contributed by atoms with E-state index >= 15 is 0 Å². The van der Waals surface area contributed by atoms with Crippen molar-refractivity contribution in [1.82, 2.24) is 4.37 Å². The van der Waals surface area contributed by atoms with E-state index in [1.165, 1.54) is 22.0 Å². The zero-order valence-electron chi connectivity index (χ0n) is 8.74. The highest BCUT2D eigenvalue weighted by molar-refractivity contribution is 7.10. The van der Waals surface area contributed by atoms with Crippen molar-refractivity contribution in [3.63, 3.8) is 0 Å². The zero-order chi connectivity index (χ0) is 10.7. The Hall–Kier alpha value is -1.59. The van der Waals surface area contributed by atoms with E-state index in [2.05, 4.69) is 28.3 Å². The minimum atomic E-state index is 1.02. The zero-order valence-corrected chi connectivity index (χ0v) is 9.56. The second-order valence-corrected chi connectivity index (χ2v) is 3.99. The summed E-state index contributed by atoms with van der Waals surface area (Å²) in [6.07, 6.45) is 0. The number of nitrogens with zero attached hydrogens (tertiary/aromatic N) is 1. The van der Waals surface area contributed by atoms with Gasteiger partial charge in [-0.3, -0.25) is 0 Å². The van der Waals surface area contributed by atoms with Crippen molar-refractivity contribution in [1.29, 1.82) is 0 Å². The molecule has 15 heavy (non-hydrogen) atoms. The van der Waals surface area contributed by atoms with Crippen molar-refractivity contribution in [2.45, 2.75) is 13.8 Å². The van der Waals surface area contributed by atoms with Crippen LogP contribution in [-0.2, 0) is 0 Å². The maximum atomic E-state index is 4.35. The number of aryl methyl sites for hydroxylation is 1. The van der Waals surface area contributed by atoms with Crippen LogP contribution in [0.4, 0.5) is 0 Å². The number of benzene rings is 1. The molecule has 0 radical (unpaired) electrons. The molecule has 0 bridgehead atoms. The van der Waals surface area contributed by atoms with Crippen molar-refractivity contribution in [3.05, 3.63) is 41.6 Å². The fourth-order valence-corrected chi connectivity index (χ4v) is 2.28. The number of aromatic nitrogens is 1. The Morgan fingerprint density at radius 3 is 2.60 bits per heavy atom. The van der Waals surface area contributed by atoms with E-state index in [-0.39, 0.29) is 0 Å². The predicted molar refractivity (Wildman–Crippen MR) is 64.8 cm³/mol. The Morgan fingerprint density at radius 1 is 1.20 bits per heavy atom. The predicted octanol–water partition coefficient (Wildman–Crippen LogP) is 3.49. The van der Waals surface area contributed by atoms with Crippen molar-refractivity contribution >= 4 is 11.5 Å². The summed E-state index contributed by atoms with van der Waals surface area (Å²) in [5.74, 6) is 6.06. The number of hydrogen-bond donors (Lipinski definition) is 0. The molecule has 0 N–H and O–H groups in total. The lowest BCUT2D eigenvalue weighted by Crippen LogP contribution is -1.80. The van der Waals surface area contributed by atoms with Crippen LogP contribution >= 0.6 is 11.5 Å². The summed E-state index contributed by atoms with van der Waals surface area (Å²) < 4.78 is 4.35. The van der Waals surface area contributed by atoms with Gasteiger partial charge < -0.3 is 0 Å². The molecule has 0 aliphatic carbocycles. The molecule has 0 saturated heterocycles. The number of hydrogen-bond acceptors (Lipinski definition) is 2. The smallest absolute Gasteiger partial charge is 0.0709 e. The Bertz CT molecular complexity index is 514. The lowest BCUT2D eigenvalue weighted by atomic mass is 10.1. The molecule has 2 heteroatoms. The fourth-order valence-electron chi connectivity index (χ4n) is 1.43. The standard InChI is InChI=1S/C13H11NS/c1-3-7-12-10(2)14-15-13(12)11-8-5-4-6-9-11/h4-6,8-9H,1-2H3. The first-order valence-corrected chi connectivity index (χ1v) is 5.54. The van der Waals surface area contributed by atoms with Gasteiger partial charge in [0.05, 0.1) is 16.1 Å². The molecule has 0 saturated carbocycles. The highest BCUT2D eigenvalue weighted by Crippen LogP contribution is 2.29. The molecule has 1 heterocycles. The molecule has 2 aromatic rings. The third kappa shape index (κ3) is 1.93. The Labute approximate surface area is 93.9 Å². The summed E-state index contributed by atoms with van der Waals surface area (Å²) in [7, 11) is 0. The van der Waals surface area contributed by atoms with Crippen LogP contribution in [0.1, 0.15) is 18.2 Å². The minimum absolute atomic E-state index is 1.02. The molecule has 74 valence electrons. The molecule has 1 aromatic carbocycles. The van der Waals surface area contributed by atoms with Crippen molar-refractivity contribution in [3.8, 4) is 22.3 Å². The lowest BCUT2D eigenvalue weighted by Gasteiger charge is -1.97. The molecule has 1 aromatic heterocycles. The molecule has 0 amide bonds. The first-order chi connectivity index (χ1) is 7.33. The molecule has 1 nitrogen and oxygen atoms in total. The first-order valence-electron chi connectivity index (χ1n) is 4.77. The first kappa shape index (κ1) is 9.95. The second-order valence-electron chi connectivity index (χ2n) is 3.21. The molecule has 0 fully saturated rings. The van der Waals surface area contributed by atoms with Gasteiger partial charge in [-0.15, -0.1) is 5.92 Å². The van der Waals surface area contributed by atoms with E-state index in [1.54, 1.807) is 0 Å². The molecule has 0 aliphatic rings. The van der Waals surface area contributed by atoms with Crippen LogP contribution < -0.4 is 0 Å². The monoisotopic (exact) mass is 213 g/mol. The van der Waals surface area contributed by atoms with Gasteiger partial charge in [0.1, 0.15) is 0 Å². The third-order valence-corrected chi connectivity index (χ3v) is 3.14. The van der Waals surface area contributed by atoms with E-state index in [4.69, 9.17) is 0 Å². The lowest BCUT2D eigenvalue weighted by molar-refractivity contribution is 1.33. The van der Waals surface area contributed by atoms with Crippen LogP contribution in [0.25, 0.3) is 10.4 Å². The highest BCUT2D eigenvalue weighted by atomic mass is 32.1. The van der Waals surface area contributed by atoms with Crippen LogP contribution in [-0.4, -0.2) is 4.37 Å². The van der Waals surface area contributed by atoms with Crippen molar-refractivity contribution in [2.75, 3.05) is 0 Å². The van der Waals surface area contributed by atoms with Gasteiger partial charge >= 0.3 is 0 Å². The highest BCUT2D eigenvalue weighted by Gasteiger charge is 2.09. The summed E-state index contributed by atoms with van der Waals surface area (Å²) in [4.78, 5) is 1.17. The van der Waals surface area contributed by atoms with Gasteiger partial charge in [-0.1, -0.05) is 36.3 Å². The molecular weight excluding hydrogens is 202 g/mol. The SMILES string of the molecule is CC#Cc1c(C)nsc1-c1ccccc1. The van der Waals surface area contributed by atoms with Crippen LogP contribution in [0.3, 0.4) is 0 Å². The summed E-state index contributed by atoms with van der Waals surface area (Å²) in [6.45, 7) is 3.86. The maximum absolute atomic E-state index is 4.35. The topological polar surface area (TPSA) is 12.9 Å². The van der Waals surface area contributed by atoms with Crippen LogP contribution in [0.15, 0.2) is 30.3 Å². The van der Waals surface area contributed by atoms with E-state index in [9.17, 15) is 0 Å². The Balaban J connectivity index is 2.57. The van der Waals surface area contributed by atoms with Crippen LogP contribution in [0.2, 0.25) is 0 Å². The Morgan fingerprint density at radius 2 is 1.93 bits per heavy atom. The second kappa shape index (κ2) is 4.29. The fraction of sp³-hybridized carbons (Fsp3) is 0.154. The molecule has 0 unspecified atom stereocenters. The van der Waals surface area contributed by atoms with Gasteiger partial charge in [-0.2, -0.15) is 4.37 Å². The summed E-state index contributed by atoms with van der Waals surface area (Å²) in [6, 6.07) is 10.3. The van der Waals surface area contributed by atoms with E-state index in [0.29, 0.717) is 0 Å². The molecule has 2 rings (SSSR count). The molecule has 0 atom stereocenters. The van der Waals surface area contributed by atoms with Gasteiger partial charge in [0.2, 0.25) is 0 Å². The quantitative estimate of drug-likeness (QED) is 0.661. The van der Waals surface area contributed by atoms with Gasteiger partial charge in [0, 0.05) is 0 Å².